The number of carbonyl (C=O) groups excluding carboxylic acids is 1. The molecule has 3 aromatic rings. The molecule has 0 aliphatic heterocycles. The molecular weight excluding hydrogens is 254 g/mol. The molecule has 1 amide bonds. The zero-order valence-electron chi connectivity index (χ0n) is 10.5. The van der Waals surface area contributed by atoms with Gasteiger partial charge in [-0.3, -0.25) is 4.79 Å². The second-order valence-corrected chi connectivity index (χ2v) is 4.22. The number of aromatic nitrogens is 2. The van der Waals surface area contributed by atoms with Crippen LogP contribution in [-0.2, 0) is 0 Å². The number of hydrogen-bond acceptors (Lipinski definition) is 4. The van der Waals surface area contributed by atoms with E-state index < -0.39 is 5.91 Å². The Morgan fingerprint density at radius 3 is 2.25 bits per heavy atom. The van der Waals surface area contributed by atoms with E-state index in [2.05, 4.69) is 10.2 Å². The lowest BCUT2D eigenvalue weighted by Crippen LogP contribution is -2.10. The lowest BCUT2D eigenvalue weighted by Gasteiger charge is -1.98. The number of rotatable bonds is 3. The maximum absolute atomic E-state index is 11.2. The van der Waals surface area contributed by atoms with Gasteiger partial charge in [0.1, 0.15) is 0 Å². The lowest BCUT2D eigenvalue weighted by molar-refractivity contribution is 0.100. The molecule has 0 bridgehead atoms. The number of primary amides is 1. The first-order valence-corrected chi connectivity index (χ1v) is 6.03. The smallest absolute Gasteiger partial charge is 0.248 e. The van der Waals surface area contributed by atoms with Gasteiger partial charge in [0.25, 0.3) is 0 Å². The van der Waals surface area contributed by atoms with Gasteiger partial charge in [-0.05, 0) is 30.3 Å². The first kappa shape index (κ1) is 12.1. The van der Waals surface area contributed by atoms with E-state index in [4.69, 9.17) is 10.2 Å². The van der Waals surface area contributed by atoms with Crippen molar-refractivity contribution in [2.45, 2.75) is 0 Å². The lowest BCUT2D eigenvalue weighted by atomic mass is 10.1. The van der Waals surface area contributed by atoms with Gasteiger partial charge < -0.3 is 10.2 Å². The Labute approximate surface area is 115 Å². The molecule has 5 nitrogen and oxygen atoms in total. The summed E-state index contributed by atoms with van der Waals surface area (Å²) in [4.78, 5) is 11.2. The summed E-state index contributed by atoms with van der Waals surface area (Å²) in [6, 6.07) is 16.3. The molecule has 2 aromatic carbocycles. The summed E-state index contributed by atoms with van der Waals surface area (Å²) in [5.74, 6) is 0.298. The highest BCUT2D eigenvalue weighted by atomic mass is 16.4. The summed E-state index contributed by atoms with van der Waals surface area (Å²) in [6.45, 7) is 0. The number of nitrogens with two attached hydrogens (primary N) is 1. The van der Waals surface area contributed by atoms with Crippen molar-refractivity contribution in [1.82, 2.24) is 10.2 Å². The Hall–Kier alpha value is -2.95. The van der Waals surface area contributed by atoms with Crippen LogP contribution in [0.25, 0.3) is 22.9 Å². The molecule has 0 saturated heterocycles. The van der Waals surface area contributed by atoms with Crippen LogP contribution in [-0.4, -0.2) is 16.1 Å². The van der Waals surface area contributed by atoms with E-state index >= 15 is 0 Å². The molecule has 0 spiro atoms. The van der Waals surface area contributed by atoms with Crippen LogP contribution in [0.15, 0.2) is 59.0 Å². The molecule has 20 heavy (non-hydrogen) atoms. The van der Waals surface area contributed by atoms with Gasteiger partial charge in [0.15, 0.2) is 0 Å². The zero-order chi connectivity index (χ0) is 13.9. The number of amides is 1. The van der Waals surface area contributed by atoms with E-state index in [0.717, 1.165) is 5.56 Å². The summed E-state index contributed by atoms with van der Waals surface area (Å²) in [5, 5.41) is 8.00. The topological polar surface area (TPSA) is 82.0 Å². The van der Waals surface area contributed by atoms with Crippen molar-refractivity contribution in [2.24, 2.45) is 5.73 Å². The predicted molar refractivity (Wildman–Crippen MR) is 73.7 cm³/mol. The van der Waals surface area contributed by atoms with E-state index in [-0.39, 0.29) is 0 Å². The van der Waals surface area contributed by atoms with Crippen molar-refractivity contribution in [3.63, 3.8) is 0 Å². The second-order valence-electron chi connectivity index (χ2n) is 4.22. The maximum atomic E-state index is 11.2. The molecule has 0 fully saturated rings. The summed E-state index contributed by atoms with van der Waals surface area (Å²) in [7, 11) is 0. The molecular formula is C15H11N3O2. The van der Waals surface area contributed by atoms with E-state index in [0.29, 0.717) is 22.9 Å². The molecule has 0 aliphatic carbocycles. The van der Waals surface area contributed by atoms with E-state index in [1.165, 1.54) is 0 Å². The molecule has 0 aliphatic rings. The minimum atomic E-state index is -0.491. The first-order chi connectivity index (χ1) is 9.74. The minimum absolute atomic E-state index is 0.354. The monoisotopic (exact) mass is 265 g/mol. The largest absolute Gasteiger partial charge is 0.416 e. The predicted octanol–water partition coefficient (Wildman–Crippen LogP) is 2.50. The molecule has 1 aromatic heterocycles. The highest BCUT2D eigenvalue weighted by Gasteiger charge is 2.11. The van der Waals surface area contributed by atoms with Crippen molar-refractivity contribution >= 4 is 5.91 Å². The Kier molecular flexibility index (Phi) is 3.01. The summed E-state index contributed by atoms with van der Waals surface area (Å²) < 4.78 is 5.62. The van der Waals surface area contributed by atoms with Gasteiger partial charge in [-0.1, -0.05) is 24.3 Å². The zero-order valence-corrected chi connectivity index (χ0v) is 10.5. The third-order valence-electron chi connectivity index (χ3n) is 2.84. The van der Waals surface area contributed by atoms with E-state index in [1.54, 1.807) is 24.3 Å². The second kappa shape index (κ2) is 4.97. The molecule has 5 heteroatoms. The Morgan fingerprint density at radius 2 is 1.55 bits per heavy atom. The first-order valence-electron chi connectivity index (χ1n) is 6.03. The van der Waals surface area contributed by atoms with Gasteiger partial charge in [0.2, 0.25) is 17.7 Å². The molecule has 3 rings (SSSR count). The van der Waals surface area contributed by atoms with Gasteiger partial charge in [0, 0.05) is 16.7 Å². The standard InChI is InChI=1S/C15H11N3O2/c16-13(19)11-7-4-8-12(9-11)15-18-17-14(20-15)10-5-2-1-3-6-10/h1-9H,(H2,16,19). The molecule has 0 unspecified atom stereocenters. The molecule has 0 atom stereocenters. The number of hydrogen-bond donors (Lipinski definition) is 1. The molecule has 0 saturated carbocycles. The Balaban J connectivity index is 1.98. The van der Waals surface area contributed by atoms with E-state index in [1.807, 2.05) is 30.3 Å². The quantitative estimate of drug-likeness (QED) is 0.788. The van der Waals surface area contributed by atoms with Gasteiger partial charge in [-0.25, -0.2) is 0 Å². The summed E-state index contributed by atoms with van der Waals surface area (Å²) in [6.07, 6.45) is 0. The molecule has 0 radical (unpaired) electrons. The Bertz CT molecular complexity index is 751. The number of nitrogens with zero attached hydrogens (tertiary/aromatic N) is 2. The summed E-state index contributed by atoms with van der Waals surface area (Å²) >= 11 is 0. The fraction of sp³-hybridized carbons (Fsp3) is 0. The molecule has 2 N–H and O–H groups in total. The van der Waals surface area contributed by atoms with Crippen LogP contribution in [0.2, 0.25) is 0 Å². The van der Waals surface area contributed by atoms with Crippen LogP contribution >= 0.6 is 0 Å². The Morgan fingerprint density at radius 1 is 0.900 bits per heavy atom. The van der Waals surface area contributed by atoms with Crippen molar-refractivity contribution in [3.8, 4) is 22.9 Å². The van der Waals surface area contributed by atoms with Gasteiger partial charge in [-0.2, -0.15) is 0 Å². The van der Waals surface area contributed by atoms with Gasteiger partial charge >= 0.3 is 0 Å². The van der Waals surface area contributed by atoms with Gasteiger partial charge in [-0.15, -0.1) is 10.2 Å². The van der Waals surface area contributed by atoms with Crippen molar-refractivity contribution in [1.29, 1.82) is 0 Å². The van der Waals surface area contributed by atoms with Crippen LogP contribution < -0.4 is 5.73 Å². The average molecular weight is 265 g/mol. The normalized spacial score (nSPS) is 10.4. The fourth-order valence-corrected chi connectivity index (χ4v) is 1.84. The summed E-state index contributed by atoms with van der Waals surface area (Å²) in [5.41, 5.74) is 7.16. The van der Waals surface area contributed by atoms with Crippen LogP contribution in [0.1, 0.15) is 10.4 Å². The van der Waals surface area contributed by atoms with E-state index in [9.17, 15) is 4.79 Å². The fourth-order valence-electron chi connectivity index (χ4n) is 1.84. The van der Waals surface area contributed by atoms with Crippen molar-refractivity contribution in [3.05, 3.63) is 60.2 Å². The van der Waals surface area contributed by atoms with Gasteiger partial charge in [0.05, 0.1) is 0 Å². The highest BCUT2D eigenvalue weighted by Crippen LogP contribution is 2.24. The SMILES string of the molecule is NC(=O)c1cccc(-c2nnc(-c3ccccc3)o2)c1. The number of benzene rings is 2. The van der Waals surface area contributed by atoms with Crippen LogP contribution in [0.5, 0.6) is 0 Å². The average Bonchev–Trinajstić information content (AvgIpc) is 2.98. The molecule has 1 heterocycles. The number of carbonyl (C=O) groups is 1. The van der Waals surface area contributed by atoms with Crippen LogP contribution in [0.4, 0.5) is 0 Å². The van der Waals surface area contributed by atoms with Crippen LogP contribution in [0.3, 0.4) is 0 Å². The highest BCUT2D eigenvalue weighted by molar-refractivity contribution is 5.93. The third-order valence-corrected chi connectivity index (χ3v) is 2.84. The minimum Gasteiger partial charge on any atom is -0.416 e. The third kappa shape index (κ3) is 2.29. The van der Waals surface area contributed by atoms with Crippen LogP contribution in [0, 0.1) is 0 Å². The maximum Gasteiger partial charge on any atom is 0.248 e. The van der Waals surface area contributed by atoms with Crippen molar-refractivity contribution in [2.75, 3.05) is 0 Å². The van der Waals surface area contributed by atoms with Crippen molar-refractivity contribution < 1.29 is 9.21 Å². The molecule has 98 valence electrons.